The number of aryl methyl sites for hydroxylation is 1. The van der Waals surface area contributed by atoms with E-state index >= 15 is 0 Å². The largest absolute Gasteiger partial charge is 0.316 e. The number of aromatic nitrogens is 2. The number of fused-ring (bicyclic) bond motifs is 1. The third kappa shape index (κ3) is 2.38. The molecule has 0 spiro atoms. The van der Waals surface area contributed by atoms with E-state index in [9.17, 15) is 4.79 Å². The molecule has 1 N–H and O–H groups in total. The maximum Gasteiger partial charge on any atom is 0.262 e. The highest BCUT2D eigenvalue weighted by Crippen LogP contribution is 2.16. The molecule has 2 aromatic rings. The maximum atomic E-state index is 12.5. The van der Waals surface area contributed by atoms with Crippen LogP contribution < -0.4 is 10.9 Å². The molecular formula is C14H16ClN3O. The molecule has 3 rings (SSSR count). The zero-order chi connectivity index (χ0) is 13.4. The monoisotopic (exact) mass is 277 g/mol. The number of hydrogen-bond acceptors (Lipinski definition) is 3. The molecule has 100 valence electrons. The van der Waals surface area contributed by atoms with Gasteiger partial charge in [-0.1, -0.05) is 11.6 Å². The Hall–Kier alpha value is -1.39. The number of halogens is 1. The highest BCUT2D eigenvalue weighted by molar-refractivity contribution is 6.28. The Morgan fingerprint density at radius 3 is 3.11 bits per heavy atom. The van der Waals surface area contributed by atoms with Gasteiger partial charge in [-0.15, -0.1) is 0 Å². The molecular weight excluding hydrogens is 262 g/mol. The van der Waals surface area contributed by atoms with Crippen LogP contribution in [-0.2, 0) is 6.54 Å². The average Bonchev–Trinajstić information content (AvgIpc) is 2.89. The fourth-order valence-electron chi connectivity index (χ4n) is 2.59. The topological polar surface area (TPSA) is 46.9 Å². The molecule has 0 bridgehead atoms. The van der Waals surface area contributed by atoms with Crippen LogP contribution in [-0.4, -0.2) is 22.6 Å². The smallest absolute Gasteiger partial charge is 0.262 e. The number of nitrogens with zero attached hydrogens (tertiary/aromatic N) is 2. The van der Waals surface area contributed by atoms with Crippen molar-refractivity contribution < 1.29 is 0 Å². The molecule has 2 heterocycles. The van der Waals surface area contributed by atoms with Crippen LogP contribution in [0.3, 0.4) is 0 Å². The summed E-state index contributed by atoms with van der Waals surface area (Å²) in [5.74, 6) is 0.458. The van der Waals surface area contributed by atoms with Crippen LogP contribution in [0.1, 0.15) is 12.0 Å². The first-order valence-corrected chi connectivity index (χ1v) is 6.90. The lowest BCUT2D eigenvalue weighted by Gasteiger charge is -2.13. The zero-order valence-electron chi connectivity index (χ0n) is 10.8. The Bertz CT molecular complexity index is 674. The molecule has 0 radical (unpaired) electrons. The van der Waals surface area contributed by atoms with Crippen LogP contribution in [0.4, 0.5) is 0 Å². The van der Waals surface area contributed by atoms with E-state index in [1.165, 1.54) is 0 Å². The Kier molecular flexibility index (Phi) is 3.29. The minimum Gasteiger partial charge on any atom is -0.316 e. The van der Waals surface area contributed by atoms with Gasteiger partial charge in [0.25, 0.3) is 5.56 Å². The highest BCUT2D eigenvalue weighted by atomic mass is 35.5. The lowest BCUT2D eigenvalue weighted by molar-refractivity contribution is 0.470. The second-order valence-electron chi connectivity index (χ2n) is 5.18. The van der Waals surface area contributed by atoms with E-state index in [-0.39, 0.29) is 10.8 Å². The van der Waals surface area contributed by atoms with Crippen molar-refractivity contribution in [1.82, 2.24) is 14.9 Å². The van der Waals surface area contributed by atoms with E-state index in [2.05, 4.69) is 10.3 Å². The number of nitrogens with one attached hydrogen (secondary N) is 1. The molecule has 1 aromatic carbocycles. The second-order valence-corrected chi connectivity index (χ2v) is 5.51. The molecule has 1 aliphatic heterocycles. The van der Waals surface area contributed by atoms with Crippen LogP contribution in [0.25, 0.3) is 10.9 Å². The van der Waals surface area contributed by atoms with Crippen molar-refractivity contribution in [3.8, 4) is 0 Å². The van der Waals surface area contributed by atoms with Gasteiger partial charge in [-0.2, -0.15) is 0 Å². The molecule has 0 amide bonds. The van der Waals surface area contributed by atoms with Crippen LogP contribution in [0.2, 0.25) is 5.28 Å². The first-order chi connectivity index (χ1) is 9.15. The molecule has 19 heavy (non-hydrogen) atoms. The van der Waals surface area contributed by atoms with Crippen molar-refractivity contribution in [2.45, 2.75) is 19.9 Å². The van der Waals surface area contributed by atoms with Crippen molar-refractivity contribution in [2.75, 3.05) is 13.1 Å². The normalized spacial score (nSPS) is 19.2. The van der Waals surface area contributed by atoms with E-state index in [1.54, 1.807) is 4.57 Å². The fraction of sp³-hybridized carbons (Fsp3) is 0.429. The molecule has 1 fully saturated rings. The number of hydrogen-bond donors (Lipinski definition) is 1. The van der Waals surface area contributed by atoms with Gasteiger partial charge in [-0.05, 0) is 56.1 Å². The summed E-state index contributed by atoms with van der Waals surface area (Å²) in [6.45, 7) is 4.56. The van der Waals surface area contributed by atoms with Gasteiger partial charge in [-0.3, -0.25) is 9.36 Å². The van der Waals surface area contributed by atoms with Gasteiger partial charge in [0.05, 0.1) is 10.9 Å². The second kappa shape index (κ2) is 4.94. The average molecular weight is 278 g/mol. The predicted octanol–water partition coefficient (Wildman–Crippen LogP) is 1.97. The number of rotatable bonds is 2. The Balaban J connectivity index is 2.10. The summed E-state index contributed by atoms with van der Waals surface area (Å²) in [5, 5.41) is 4.23. The summed E-state index contributed by atoms with van der Waals surface area (Å²) >= 11 is 6.16. The summed E-state index contributed by atoms with van der Waals surface area (Å²) in [6, 6.07) is 5.67. The zero-order valence-corrected chi connectivity index (χ0v) is 11.6. The molecule has 5 heteroatoms. The van der Waals surface area contributed by atoms with Gasteiger partial charge in [0.2, 0.25) is 5.28 Å². The van der Waals surface area contributed by atoms with Crippen LogP contribution in [0.15, 0.2) is 23.0 Å². The SMILES string of the molecule is Cc1ccc2nc(Cl)n(CC3CCNC3)c(=O)c2c1. The van der Waals surface area contributed by atoms with Gasteiger partial charge in [0, 0.05) is 6.54 Å². The highest BCUT2D eigenvalue weighted by Gasteiger charge is 2.18. The summed E-state index contributed by atoms with van der Waals surface area (Å²) in [5.41, 5.74) is 1.69. The molecule has 1 unspecified atom stereocenters. The van der Waals surface area contributed by atoms with E-state index in [0.717, 1.165) is 25.1 Å². The van der Waals surface area contributed by atoms with Gasteiger partial charge >= 0.3 is 0 Å². The molecule has 0 saturated carbocycles. The third-order valence-corrected chi connectivity index (χ3v) is 3.95. The van der Waals surface area contributed by atoms with Crippen molar-refractivity contribution in [3.05, 3.63) is 39.4 Å². The summed E-state index contributed by atoms with van der Waals surface area (Å²) in [4.78, 5) is 16.8. The molecule has 1 aromatic heterocycles. The predicted molar refractivity (Wildman–Crippen MR) is 76.7 cm³/mol. The number of benzene rings is 1. The lowest BCUT2D eigenvalue weighted by Crippen LogP contribution is -2.26. The quantitative estimate of drug-likeness (QED) is 0.854. The minimum absolute atomic E-state index is 0.0365. The van der Waals surface area contributed by atoms with Gasteiger partial charge in [-0.25, -0.2) is 4.98 Å². The Morgan fingerprint density at radius 2 is 2.37 bits per heavy atom. The van der Waals surface area contributed by atoms with Crippen LogP contribution in [0.5, 0.6) is 0 Å². The third-order valence-electron chi connectivity index (χ3n) is 3.67. The van der Waals surface area contributed by atoms with E-state index in [4.69, 9.17) is 11.6 Å². The summed E-state index contributed by atoms with van der Waals surface area (Å²) in [7, 11) is 0. The first kappa shape index (κ1) is 12.6. The first-order valence-electron chi connectivity index (χ1n) is 6.52. The Morgan fingerprint density at radius 1 is 1.53 bits per heavy atom. The van der Waals surface area contributed by atoms with Gasteiger partial charge < -0.3 is 5.32 Å². The van der Waals surface area contributed by atoms with Gasteiger partial charge in [0.1, 0.15) is 0 Å². The fourth-order valence-corrected chi connectivity index (χ4v) is 2.83. The van der Waals surface area contributed by atoms with E-state index in [0.29, 0.717) is 23.4 Å². The van der Waals surface area contributed by atoms with E-state index in [1.807, 2.05) is 25.1 Å². The van der Waals surface area contributed by atoms with Crippen molar-refractivity contribution >= 4 is 22.5 Å². The van der Waals surface area contributed by atoms with Gasteiger partial charge in [0.15, 0.2) is 0 Å². The van der Waals surface area contributed by atoms with Crippen molar-refractivity contribution in [1.29, 1.82) is 0 Å². The summed E-state index contributed by atoms with van der Waals surface area (Å²) < 4.78 is 1.60. The van der Waals surface area contributed by atoms with Crippen molar-refractivity contribution in [2.24, 2.45) is 5.92 Å². The maximum absolute atomic E-state index is 12.5. The molecule has 4 nitrogen and oxygen atoms in total. The molecule has 1 atom stereocenters. The van der Waals surface area contributed by atoms with Crippen LogP contribution >= 0.6 is 11.6 Å². The van der Waals surface area contributed by atoms with E-state index < -0.39 is 0 Å². The standard InChI is InChI=1S/C14H16ClN3O/c1-9-2-3-12-11(6-9)13(19)18(14(15)17-12)8-10-4-5-16-7-10/h2-3,6,10,16H,4-5,7-8H2,1H3. The molecule has 1 aliphatic rings. The Labute approximate surface area is 116 Å². The summed E-state index contributed by atoms with van der Waals surface area (Å²) in [6.07, 6.45) is 1.08. The minimum atomic E-state index is -0.0365. The van der Waals surface area contributed by atoms with Crippen LogP contribution in [0, 0.1) is 12.8 Å². The lowest BCUT2D eigenvalue weighted by atomic mass is 10.1. The van der Waals surface area contributed by atoms with Crippen molar-refractivity contribution in [3.63, 3.8) is 0 Å². The molecule has 1 saturated heterocycles. The molecule has 0 aliphatic carbocycles.